The number of ether oxygens (including phenoxy) is 1. The lowest BCUT2D eigenvalue weighted by atomic mass is 9.47. The molecular formula is C33H26N2O3. The van der Waals surface area contributed by atoms with E-state index in [9.17, 15) is 9.59 Å². The predicted molar refractivity (Wildman–Crippen MR) is 147 cm³/mol. The molecule has 5 heteroatoms. The molecule has 186 valence electrons. The molecule has 2 bridgehead atoms. The lowest BCUT2D eigenvalue weighted by Gasteiger charge is -2.52. The van der Waals surface area contributed by atoms with Crippen LogP contribution in [0.4, 0.5) is 11.4 Å². The van der Waals surface area contributed by atoms with Gasteiger partial charge in [-0.15, -0.1) is 0 Å². The monoisotopic (exact) mass is 498 g/mol. The minimum atomic E-state index is -0.866. The van der Waals surface area contributed by atoms with Gasteiger partial charge in [-0.1, -0.05) is 66.7 Å². The van der Waals surface area contributed by atoms with Crippen LogP contribution in [0.5, 0.6) is 5.75 Å². The molecular weight excluding hydrogens is 472 g/mol. The number of aliphatic imine (C=N–C) groups is 1. The highest BCUT2D eigenvalue weighted by Gasteiger charge is 2.67. The summed E-state index contributed by atoms with van der Waals surface area (Å²) in [6.45, 7) is 2.47. The Labute approximate surface area is 221 Å². The van der Waals surface area contributed by atoms with Gasteiger partial charge >= 0.3 is 0 Å². The Morgan fingerprint density at radius 2 is 1.39 bits per heavy atom. The molecule has 0 spiro atoms. The number of carbonyl (C=O) groups excluding carboxylic acids is 2. The molecule has 4 aromatic carbocycles. The van der Waals surface area contributed by atoms with E-state index in [4.69, 9.17) is 9.73 Å². The molecule has 0 unspecified atom stereocenters. The van der Waals surface area contributed by atoms with Crippen LogP contribution < -0.4 is 9.64 Å². The zero-order chi connectivity index (χ0) is 25.9. The van der Waals surface area contributed by atoms with Crippen molar-refractivity contribution in [3.63, 3.8) is 0 Å². The Morgan fingerprint density at radius 1 is 0.789 bits per heavy atom. The number of carbonyl (C=O) groups is 2. The number of imide groups is 1. The molecule has 38 heavy (non-hydrogen) atoms. The maximum Gasteiger partial charge on any atom is 0.239 e. The Morgan fingerprint density at radius 3 is 2.03 bits per heavy atom. The number of amides is 2. The van der Waals surface area contributed by atoms with Gasteiger partial charge in [-0.05, 0) is 65.6 Å². The highest BCUT2D eigenvalue weighted by Crippen LogP contribution is 2.63. The molecule has 1 saturated heterocycles. The Balaban J connectivity index is 1.45. The van der Waals surface area contributed by atoms with Gasteiger partial charge in [0.1, 0.15) is 5.75 Å². The number of anilines is 1. The number of benzene rings is 4. The second-order valence-electron chi connectivity index (χ2n) is 10.1. The summed E-state index contributed by atoms with van der Waals surface area (Å²) in [6, 6.07) is 33.4. The largest absolute Gasteiger partial charge is 0.494 e. The highest BCUT2D eigenvalue weighted by molar-refractivity contribution is 6.25. The van der Waals surface area contributed by atoms with Gasteiger partial charge in [0.2, 0.25) is 11.8 Å². The van der Waals surface area contributed by atoms with Crippen molar-refractivity contribution in [2.75, 3.05) is 11.5 Å². The van der Waals surface area contributed by atoms with Crippen LogP contribution in [0, 0.1) is 11.8 Å². The van der Waals surface area contributed by atoms with Gasteiger partial charge in [0.25, 0.3) is 0 Å². The normalized spacial score (nSPS) is 24.9. The van der Waals surface area contributed by atoms with Crippen molar-refractivity contribution in [1.29, 1.82) is 0 Å². The van der Waals surface area contributed by atoms with Crippen molar-refractivity contribution in [2.24, 2.45) is 16.8 Å². The molecule has 1 aliphatic heterocycles. The van der Waals surface area contributed by atoms with E-state index in [0.717, 1.165) is 27.9 Å². The number of rotatable bonds is 5. The molecule has 0 saturated carbocycles. The van der Waals surface area contributed by atoms with Crippen LogP contribution in [-0.4, -0.2) is 24.6 Å². The fraction of sp³-hybridized carbons (Fsp3) is 0.182. The smallest absolute Gasteiger partial charge is 0.239 e. The zero-order valence-electron chi connectivity index (χ0n) is 21.0. The van der Waals surface area contributed by atoms with Crippen LogP contribution in [0.15, 0.2) is 108 Å². The van der Waals surface area contributed by atoms with E-state index >= 15 is 0 Å². The van der Waals surface area contributed by atoms with Crippen LogP contribution >= 0.6 is 0 Å². The molecule has 2 amide bonds. The van der Waals surface area contributed by atoms with Crippen molar-refractivity contribution in [3.8, 4) is 5.75 Å². The molecule has 0 radical (unpaired) electrons. The van der Waals surface area contributed by atoms with E-state index in [1.54, 1.807) is 12.1 Å². The van der Waals surface area contributed by atoms with E-state index in [2.05, 4.69) is 24.3 Å². The number of para-hydroxylation sites is 1. The van der Waals surface area contributed by atoms with Crippen LogP contribution in [0.3, 0.4) is 0 Å². The molecule has 4 aromatic rings. The topological polar surface area (TPSA) is 59.0 Å². The third-order valence-corrected chi connectivity index (χ3v) is 8.26. The zero-order valence-corrected chi connectivity index (χ0v) is 21.0. The predicted octanol–water partition coefficient (Wildman–Crippen LogP) is 6.04. The molecule has 0 N–H and O–H groups in total. The first-order chi connectivity index (χ1) is 18.6. The molecule has 4 aliphatic rings. The van der Waals surface area contributed by atoms with Gasteiger partial charge < -0.3 is 4.74 Å². The van der Waals surface area contributed by atoms with E-state index in [-0.39, 0.29) is 17.7 Å². The first-order valence-electron chi connectivity index (χ1n) is 13.0. The summed E-state index contributed by atoms with van der Waals surface area (Å²) in [5.74, 6) is -0.930. The van der Waals surface area contributed by atoms with E-state index in [0.29, 0.717) is 18.0 Å². The molecule has 8 rings (SSSR count). The lowest BCUT2D eigenvalue weighted by molar-refractivity contribution is -0.122. The summed E-state index contributed by atoms with van der Waals surface area (Å²) >= 11 is 0. The second-order valence-corrected chi connectivity index (χ2v) is 10.1. The Bertz CT molecular complexity index is 1540. The molecule has 1 heterocycles. The van der Waals surface area contributed by atoms with Crippen molar-refractivity contribution in [2.45, 2.75) is 18.3 Å². The van der Waals surface area contributed by atoms with Gasteiger partial charge in [0.05, 0.1) is 35.2 Å². The highest BCUT2D eigenvalue weighted by atomic mass is 16.5. The van der Waals surface area contributed by atoms with Crippen LogP contribution in [0.2, 0.25) is 0 Å². The average Bonchev–Trinajstić information content (AvgIpc) is 3.24. The van der Waals surface area contributed by atoms with E-state index in [1.165, 1.54) is 4.90 Å². The maximum absolute atomic E-state index is 14.4. The van der Waals surface area contributed by atoms with Crippen LogP contribution in [-0.2, 0) is 15.0 Å². The average molecular weight is 499 g/mol. The number of hydrogen-bond acceptors (Lipinski definition) is 4. The number of nitrogens with zero attached hydrogens (tertiary/aromatic N) is 2. The summed E-state index contributed by atoms with van der Waals surface area (Å²) in [5.41, 5.74) is 4.82. The number of hydrogen-bond donors (Lipinski definition) is 0. The second kappa shape index (κ2) is 8.52. The van der Waals surface area contributed by atoms with Gasteiger partial charge in [0.15, 0.2) is 0 Å². The van der Waals surface area contributed by atoms with Gasteiger partial charge in [-0.3, -0.25) is 14.6 Å². The van der Waals surface area contributed by atoms with E-state index < -0.39 is 17.3 Å². The Hall–Kier alpha value is -4.51. The molecule has 2 atom stereocenters. The van der Waals surface area contributed by atoms with Gasteiger partial charge in [-0.2, -0.15) is 0 Å². The third kappa shape index (κ3) is 3.02. The van der Waals surface area contributed by atoms with Crippen molar-refractivity contribution < 1.29 is 14.3 Å². The molecule has 1 fully saturated rings. The summed E-state index contributed by atoms with van der Waals surface area (Å²) < 4.78 is 5.58. The van der Waals surface area contributed by atoms with E-state index in [1.807, 2.05) is 79.9 Å². The van der Waals surface area contributed by atoms with Crippen molar-refractivity contribution in [1.82, 2.24) is 0 Å². The van der Waals surface area contributed by atoms with Crippen molar-refractivity contribution in [3.05, 3.63) is 125 Å². The quantitative estimate of drug-likeness (QED) is 0.249. The SMILES string of the molecule is CCOc1ccc(N2C(=O)[C@@H]3C4c5ccccc5C(C=Nc5ccccc5)(c5ccccc54)[C@H]3C2=O)cc1. The minimum absolute atomic E-state index is 0.157. The fourth-order valence-electron chi connectivity index (χ4n) is 6.85. The first kappa shape index (κ1) is 22.7. The molecule has 0 aromatic heterocycles. The minimum Gasteiger partial charge on any atom is -0.494 e. The fourth-order valence-corrected chi connectivity index (χ4v) is 6.85. The van der Waals surface area contributed by atoms with Crippen LogP contribution in [0.25, 0.3) is 0 Å². The Kier molecular flexibility index (Phi) is 5.08. The summed E-state index contributed by atoms with van der Waals surface area (Å²) in [4.78, 5) is 34.9. The molecule has 5 nitrogen and oxygen atoms in total. The summed E-state index contributed by atoms with van der Waals surface area (Å²) in [6.07, 6.45) is 1.93. The molecule has 3 aliphatic carbocycles. The standard InChI is InChI=1S/C33H26N2O3/c1-2-38-23-18-16-22(17-19-23)35-31(36)29-28-24-12-6-8-14-26(24)33(30(29)32(35)37,27-15-9-7-13-25(27)28)20-34-21-10-4-3-5-11-21/h3-20,28-30H,2H2,1H3/t28?,29-,30-,33?/m1/s1. The lowest BCUT2D eigenvalue weighted by Crippen LogP contribution is -2.54. The van der Waals surface area contributed by atoms with Gasteiger partial charge in [0, 0.05) is 12.1 Å². The van der Waals surface area contributed by atoms with Crippen LogP contribution in [0.1, 0.15) is 35.1 Å². The van der Waals surface area contributed by atoms with Gasteiger partial charge in [-0.25, -0.2) is 4.90 Å². The van der Waals surface area contributed by atoms with Crippen molar-refractivity contribution >= 4 is 29.4 Å². The first-order valence-corrected chi connectivity index (χ1v) is 13.0. The summed E-state index contributed by atoms with van der Waals surface area (Å²) in [5, 5.41) is 0. The maximum atomic E-state index is 14.4. The summed E-state index contributed by atoms with van der Waals surface area (Å²) in [7, 11) is 0. The third-order valence-electron chi connectivity index (χ3n) is 8.26.